The fraction of sp³-hybridized carbons (Fsp3) is 0.150. The van der Waals surface area contributed by atoms with Crippen LogP contribution in [-0.2, 0) is 50.6 Å². The van der Waals surface area contributed by atoms with E-state index in [-0.39, 0.29) is 43.4 Å². The molecule has 2 atom stereocenters. The molecule has 0 aliphatic rings. The van der Waals surface area contributed by atoms with E-state index in [9.17, 15) is 26.4 Å². The van der Waals surface area contributed by atoms with Crippen molar-refractivity contribution in [1.82, 2.24) is 28.5 Å². The molecule has 2 unspecified atom stereocenters. The topological polar surface area (TPSA) is 181 Å². The standard InChI is InChI=1S/C40H36F2N6O8S2/c1-39(43-3,27-21-35(31-13-5-7-15-33(31)41)47(25-27)57(51,52)29-11-9-19-45-23-29)55-37(49)17-18-38(50)56-40(2,44-4)28-22-36(32-14-6-8-16-34(32)42)48(26-28)58(53,54)30-12-10-20-46-24-30/h5-26,43-44H,1-4H3/b18-17+. The average molecular weight is 831 g/mol. The number of ether oxygens (including phenoxy) is 2. The molecule has 0 spiro atoms. The third kappa shape index (κ3) is 8.08. The zero-order chi connectivity index (χ0) is 41.9. The Hall–Kier alpha value is -6.34. The zero-order valence-electron chi connectivity index (χ0n) is 31.3. The van der Waals surface area contributed by atoms with Gasteiger partial charge in [-0.15, -0.1) is 0 Å². The summed E-state index contributed by atoms with van der Waals surface area (Å²) in [5.41, 5.74) is -3.49. The molecule has 18 heteroatoms. The lowest BCUT2D eigenvalue weighted by Crippen LogP contribution is -2.41. The van der Waals surface area contributed by atoms with Crippen LogP contribution in [0.3, 0.4) is 0 Å². The van der Waals surface area contributed by atoms with Crippen molar-refractivity contribution in [3.8, 4) is 22.5 Å². The van der Waals surface area contributed by atoms with Crippen molar-refractivity contribution in [2.24, 2.45) is 0 Å². The Bertz CT molecular complexity index is 2560. The van der Waals surface area contributed by atoms with E-state index in [0.29, 0.717) is 0 Å². The largest absolute Gasteiger partial charge is 0.437 e. The van der Waals surface area contributed by atoms with E-state index < -0.39 is 55.1 Å². The van der Waals surface area contributed by atoms with E-state index in [1.165, 1.54) is 138 Å². The first-order chi connectivity index (χ1) is 27.5. The Morgan fingerprint density at radius 1 is 0.638 bits per heavy atom. The third-order valence-corrected chi connectivity index (χ3v) is 12.6. The smallest absolute Gasteiger partial charge is 0.333 e. The van der Waals surface area contributed by atoms with Crippen molar-refractivity contribution in [3.05, 3.63) is 157 Å². The van der Waals surface area contributed by atoms with Gasteiger partial charge >= 0.3 is 11.9 Å². The molecule has 300 valence electrons. The molecule has 0 radical (unpaired) electrons. The summed E-state index contributed by atoms with van der Waals surface area (Å²) < 4.78 is 98.4. The summed E-state index contributed by atoms with van der Waals surface area (Å²) in [5, 5.41) is 5.66. The van der Waals surface area contributed by atoms with Gasteiger partial charge < -0.3 is 9.47 Å². The van der Waals surface area contributed by atoms with Gasteiger partial charge in [0.1, 0.15) is 21.4 Å². The number of aromatic nitrogens is 4. The number of halogens is 2. The van der Waals surface area contributed by atoms with Gasteiger partial charge in [0.15, 0.2) is 11.4 Å². The SMILES string of the molecule is CNC(C)(OC(=O)/C=C/C(=O)OC(C)(NC)c1cc(-c2ccccc2F)n(S(=O)(=O)c2cccnc2)c1)c1cc(-c2ccccc2F)n(S(=O)(=O)c2cccnc2)c1. The monoisotopic (exact) mass is 830 g/mol. The lowest BCUT2D eigenvalue weighted by Gasteiger charge is -2.28. The Labute approximate surface area is 332 Å². The van der Waals surface area contributed by atoms with Gasteiger partial charge in [0.25, 0.3) is 20.0 Å². The highest BCUT2D eigenvalue weighted by Gasteiger charge is 2.36. The molecule has 14 nitrogen and oxygen atoms in total. The number of hydrogen-bond donors (Lipinski definition) is 2. The molecular formula is C40H36F2N6O8S2. The predicted octanol–water partition coefficient (Wildman–Crippen LogP) is 5.29. The van der Waals surface area contributed by atoms with E-state index in [4.69, 9.17) is 9.47 Å². The zero-order valence-corrected chi connectivity index (χ0v) is 33.0. The minimum atomic E-state index is -4.33. The maximum absolute atomic E-state index is 15.1. The summed E-state index contributed by atoms with van der Waals surface area (Å²) in [4.78, 5) is 33.9. The predicted molar refractivity (Wildman–Crippen MR) is 207 cm³/mol. The van der Waals surface area contributed by atoms with Gasteiger partial charge in [-0.1, -0.05) is 24.3 Å². The lowest BCUT2D eigenvalue weighted by molar-refractivity contribution is -0.159. The molecule has 4 heterocycles. The highest BCUT2D eigenvalue weighted by Crippen LogP contribution is 2.35. The Morgan fingerprint density at radius 2 is 1.02 bits per heavy atom. The van der Waals surface area contributed by atoms with E-state index >= 15 is 8.78 Å². The van der Waals surface area contributed by atoms with Gasteiger partial charge in [-0.25, -0.2) is 43.2 Å². The summed E-state index contributed by atoms with van der Waals surface area (Å²) >= 11 is 0. The molecule has 0 aliphatic carbocycles. The number of pyridine rings is 2. The molecule has 58 heavy (non-hydrogen) atoms. The van der Waals surface area contributed by atoms with Crippen LogP contribution >= 0.6 is 0 Å². The number of nitrogens with one attached hydrogen (secondary N) is 2. The molecule has 0 fully saturated rings. The lowest BCUT2D eigenvalue weighted by atomic mass is 10.1. The molecule has 0 saturated heterocycles. The fourth-order valence-corrected chi connectivity index (χ4v) is 8.55. The number of nitrogens with zero attached hydrogens (tertiary/aromatic N) is 4. The molecule has 2 aromatic carbocycles. The third-order valence-electron chi connectivity index (χ3n) is 9.27. The molecule has 6 aromatic rings. The number of hydrogen-bond acceptors (Lipinski definition) is 12. The molecule has 0 amide bonds. The number of esters is 2. The summed E-state index contributed by atoms with van der Waals surface area (Å²) in [6.07, 6.45) is 8.99. The molecule has 0 saturated carbocycles. The number of rotatable bonds is 14. The molecule has 0 aliphatic heterocycles. The molecular weight excluding hydrogens is 795 g/mol. The summed E-state index contributed by atoms with van der Waals surface area (Å²) in [6.45, 7) is 2.85. The molecule has 0 bridgehead atoms. The van der Waals surface area contributed by atoms with Crippen LogP contribution in [0, 0.1) is 11.6 Å². The van der Waals surface area contributed by atoms with Crippen LogP contribution in [0.25, 0.3) is 22.5 Å². The summed E-state index contributed by atoms with van der Waals surface area (Å²) in [7, 11) is -5.79. The molecule has 6 rings (SSSR count). The Balaban J connectivity index is 1.28. The second-order valence-corrected chi connectivity index (χ2v) is 16.5. The van der Waals surface area contributed by atoms with Gasteiger partial charge in [-0.05, 0) is 88.6 Å². The van der Waals surface area contributed by atoms with Gasteiger partial charge in [-0.2, -0.15) is 0 Å². The summed E-state index contributed by atoms with van der Waals surface area (Å²) in [5.74, 6) is -3.54. The van der Waals surface area contributed by atoms with Crippen LogP contribution < -0.4 is 10.6 Å². The average Bonchev–Trinajstić information content (AvgIpc) is 3.89. The highest BCUT2D eigenvalue weighted by molar-refractivity contribution is 7.90. The van der Waals surface area contributed by atoms with Crippen LogP contribution in [-0.4, -0.2) is 60.8 Å². The van der Waals surface area contributed by atoms with Crippen LogP contribution in [0.15, 0.2) is 144 Å². The molecule has 2 N–H and O–H groups in total. The maximum Gasteiger partial charge on any atom is 0.333 e. The van der Waals surface area contributed by atoms with Gasteiger partial charge in [0.05, 0.1) is 11.4 Å². The number of benzene rings is 2. The molecule has 4 aromatic heterocycles. The Morgan fingerprint density at radius 3 is 1.34 bits per heavy atom. The summed E-state index contributed by atoms with van der Waals surface area (Å²) in [6, 6.07) is 19.3. The van der Waals surface area contributed by atoms with E-state index in [1.54, 1.807) is 0 Å². The van der Waals surface area contributed by atoms with Crippen LogP contribution in [0.2, 0.25) is 0 Å². The first-order valence-corrected chi connectivity index (χ1v) is 20.2. The van der Waals surface area contributed by atoms with Crippen molar-refractivity contribution in [1.29, 1.82) is 0 Å². The first-order valence-electron chi connectivity index (χ1n) is 17.3. The van der Waals surface area contributed by atoms with Gasteiger partial charge in [0, 0.05) is 71.6 Å². The fourth-order valence-electron chi connectivity index (χ4n) is 5.88. The normalized spacial score (nSPS) is 14.1. The van der Waals surface area contributed by atoms with Crippen LogP contribution in [0.5, 0.6) is 0 Å². The minimum absolute atomic E-state index is 0.0488. The number of carbonyl (C=O) groups is 2. The van der Waals surface area contributed by atoms with Gasteiger partial charge in [0.2, 0.25) is 0 Å². The van der Waals surface area contributed by atoms with E-state index in [2.05, 4.69) is 20.6 Å². The van der Waals surface area contributed by atoms with Crippen LogP contribution in [0.4, 0.5) is 8.78 Å². The van der Waals surface area contributed by atoms with Crippen molar-refractivity contribution < 1.29 is 44.7 Å². The van der Waals surface area contributed by atoms with E-state index in [1.807, 2.05) is 0 Å². The highest BCUT2D eigenvalue weighted by atomic mass is 32.2. The van der Waals surface area contributed by atoms with Gasteiger partial charge in [-0.3, -0.25) is 20.6 Å². The van der Waals surface area contributed by atoms with E-state index in [0.717, 1.165) is 32.5 Å². The van der Waals surface area contributed by atoms with Crippen LogP contribution in [0.1, 0.15) is 25.0 Å². The quantitative estimate of drug-likeness (QED) is 0.0824. The van der Waals surface area contributed by atoms with Crippen molar-refractivity contribution >= 4 is 32.0 Å². The maximum atomic E-state index is 15.1. The van der Waals surface area contributed by atoms with Crippen molar-refractivity contribution in [3.63, 3.8) is 0 Å². The minimum Gasteiger partial charge on any atom is -0.437 e. The Kier molecular flexibility index (Phi) is 11.6. The van der Waals surface area contributed by atoms with Crippen molar-refractivity contribution in [2.45, 2.75) is 35.1 Å². The van der Waals surface area contributed by atoms with Crippen molar-refractivity contribution in [2.75, 3.05) is 14.1 Å². The second kappa shape index (κ2) is 16.3. The first kappa shape index (κ1) is 41.3. The second-order valence-electron chi connectivity index (χ2n) is 12.9. The number of carbonyl (C=O) groups excluding carboxylic acids is 2.